The highest BCUT2D eigenvalue weighted by atomic mass is 16.5. The topological polar surface area (TPSA) is 60.4 Å². The van der Waals surface area contributed by atoms with Crippen LogP contribution in [0.15, 0.2) is 79.4 Å². The minimum Gasteiger partial charge on any atom is -0.424 e. The van der Waals surface area contributed by atoms with Crippen molar-refractivity contribution < 1.29 is 9.47 Å². The van der Waals surface area contributed by atoms with E-state index >= 15 is 0 Å². The van der Waals surface area contributed by atoms with Gasteiger partial charge in [-0.2, -0.15) is 0 Å². The van der Waals surface area contributed by atoms with E-state index in [9.17, 15) is 0 Å². The number of fused-ring (bicyclic) bond motifs is 1. The average Bonchev–Trinajstić information content (AvgIpc) is 3.05. The lowest BCUT2D eigenvalue weighted by atomic mass is 9.96. The Morgan fingerprint density at radius 1 is 1.00 bits per heavy atom. The first-order chi connectivity index (χ1) is 15.8. The van der Waals surface area contributed by atoms with Gasteiger partial charge in [-0.1, -0.05) is 36.4 Å². The van der Waals surface area contributed by atoms with Gasteiger partial charge in [0.2, 0.25) is 0 Å². The predicted octanol–water partition coefficient (Wildman–Crippen LogP) is 4.51. The first kappa shape index (κ1) is 20.5. The Morgan fingerprint density at radius 3 is 2.84 bits per heavy atom. The first-order valence-corrected chi connectivity index (χ1v) is 11.0. The Morgan fingerprint density at radius 2 is 1.91 bits per heavy atom. The summed E-state index contributed by atoms with van der Waals surface area (Å²) in [5.41, 5.74) is 2.49. The van der Waals surface area contributed by atoms with Gasteiger partial charge >= 0.3 is 6.01 Å². The molecule has 0 saturated carbocycles. The zero-order valence-electron chi connectivity index (χ0n) is 17.9. The molecule has 1 aliphatic rings. The van der Waals surface area contributed by atoms with Gasteiger partial charge in [0, 0.05) is 49.8 Å². The molecule has 0 radical (unpaired) electrons. The van der Waals surface area contributed by atoms with Crippen LogP contribution in [0.4, 0.5) is 0 Å². The zero-order valence-corrected chi connectivity index (χ0v) is 17.9. The molecule has 2 aromatic heterocycles. The number of benzene rings is 2. The van der Waals surface area contributed by atoms with Gasteiger partial charge in [-0.05, 0) is 47.1 Å². The van der Waals surface area contributed by atoms with E-state index in [0.717, 1.165) is 45.0 Å². The monoisotopic (exact) mass is 426 g/mol. The molecule has 0 amide bonds. The number of ether oxygens (including phenoxy) is 2. The van der Waals surface area contributed by atoms with Gasteiger partial charge in [0.05, 0.1) is 13.2 Å². The summed E-state index contributed by atoms with van der Waals surface area (Å²) >= 11 is 0. The SMILES string of the molecule is c1cnc(Oc2cccc(CN3CCOCC(Cc4cncc5ccccc45)C3)c2)nc1. The van der Waals surface area contributed by atoms with Crippen LogP contribution in [0.3, 0.4) is 0 Å². The summed E-state index contributed by atoms with van der Waals surface area (Å²) < 4.78 is 11.8. The quantitative estimate of drug-likeness (QED) is 0.452. The Hall–Kier alpha value is -3.35. The second kappa shape index (κ2) is 9.85. The van der Waals surface area contributed by atoms with Crippen molar-refractivity contribution in [2.24, 2.45) is 5.92 Å². The molecule has 1 fully saturated rings. The third-order valence-electron chi connectivity index (χ3n) is 5.74. The third kappa shape index (κ3) is 5.10. The fourth-order valence-corrected chi connectivity index (χ4v) is 4.28. The number of rotatable bonds is 6. The maximum atomic E-state index is 5.96. The third-order valence-corrected chi connectivity index (χ3v) is 5.74. The molecule has 6 nitrogen and oxygen atoms in total. The number of aromatic nitrogens is 3. The molecule has 4 aromatic rings. The van der Waals surface area contributed by atoms with Gasteiger partial charge in [-0.15, -0.1) is 0 Å². The van der Waals surface area contributed by atoms with Crippen molar-refractivity contribution >= 4 is 10.8 Å². The molecule has 0 spiro atoms. The molecule has 0 bridgehead atoms. The first-order valence-electron chi connectivity index (χ1n) is 11.0. The summed E-state index contributed by atoms with van der Waals surface area (Å²) in [7, 11) is 0. The van der Waals surface area contributed by atoms with Crippen molar-refractivity contribution in [1.82, 2.24) is 19.9 Å². The van der Waals surface area contributed by atoms with E-state index in [4.69, 9.17) is 9.47 Å². The van der Waals surface area contributed by atoms with Crippen LogP contribution in [0.25, 0.3) is 10.8 Å². The number of hydrogen-bond donors (Lipinski definition) is 0. The molecule has 0 aliphatic carbocycles. The van der Waals surface area contributed by atoms with Crippen molar-refractivity contribution in [1.29, 1.82) is 0 Å². The molecule has 3 heterocycles. The molecule has 5 rings (SSSR count). The molecule has 1 saturated heterocycles. The van der Waals surface area contributed by atoms with E-state index in [1.165, 1.54) is 21.9 Å². The molecule has 32 heavy (non-hydrogen) atoms. The highest BCUT2D eigenvalue weighted by Gasteiger charge is 2.20. The van der Waals surface area contributed by atoms with Crippen LogP contribution in [0.2, 0.25) is 0 Å². The van der Waals surface area contributed by atoms with Gasteiger partial charge in [0.1, 0.15) is 5.75 Å². The molecule has 0 N–H and O–H groups in total. The second-order valence-corrected chi connectivity index (χ2v) is 8.18. The van der Waals surface area contributed by atoms with Crippen molar-refractivity contribution in [3.63, 3.8) is 0 Å². The van der Waals surface area contributed by atoms with Gasteiger partial charge in [0.15, 0.2) is 0 Å². The van der Waals surface area contributed by atoms with Crippen LogP contribution >= 0.6 is 0 Å². The van der Waals surface area contributed by atoms with Crippen molar-refractivity contribution in [2.45, 2.75) is 13.0 Å². The van der Waals surface area contributed by atoms with E-state index in [-0.39, 0.29) is 0 Å². The Balaban J connectivity index is 1.27. The molecular weight excluding hydrogens is 400 g/mol. The van der Waals surface area contributed by atoms with E-state index in [2.05, 4.69) is 56.3 Å². The molecule has 162 valence electrons. The van der Waals surface area contributed by atoms with Crippen molar-refractivity contribution in [3.05, 3.63) is 90.5 Å². The van der Waals surface area contributed by atoms with Gasteiger partial charge in [-0.25, -0.2) is 9.97 Å². The number of pyridine rings is 1. The molecule has 1 unspecified atom stereocenters. The summed E-state index contributed by atoms with van der Waals surface area (Å²) in [4.78, 5) is 15.2. The molecular formula is C26H26N4O2. The predicted molar refractivity (Wildman–Crippen MR) is 124 cm³/mol. The second-order valence-electron chi connectivity index (χ2n) is 8.18. The number of hydrogen-bond acceptors (Lipinski definition) is 6. The van der Waals surface area contributed by atoms with Crippen LogP contribution in [-0.4, -0.2) is 46.2 Å². The van der Waals surface area contributed by atoms with Crippen LogP contribution < -0.4 is 4.74 Å². The van der Waals surface area contributed by atoms with E-state index < -0.39 is 0 Å². The maximum absolute atomic E-state index is 5.96. The summed E-state index contributed by atoms with van der Waals surface area (Å²) in [6, 6.07) is 18.7. The van der Waals surface area contributed by atoms with Crippen LogP contribution in [0.1, 0.15) is 11.1 Å². The zero-order chi connectivity index (χ0) is 21.6. The van der Waals surface area contributed by atoms with Gasteiger partial charge in [0.25, 0.3) is 0 Å². The lowest BCUT2D eigenvalue weighted by Gasteiger charge is -2.24. The van der Waals surface area contributed by atoms with Crippen molar-refractivity contribution in [2.75, 3.05) is 26.3 Å². The highest BCUT2D eigenvalue weighted by molar-refractivity contribution is 5.84. The smallest absolute Gasteiger partial charge is 0.321 e. The van der Waals surface area contributed by atoms with Crippen LogP contribution in [0, 0.1) is 5.92 Å². The van der Waals surface area contributed by atoms with Crippen molar-refractivity contribution in [3.8, 4) is 11.8 Å². The van der Waals surface area contributed by atoms with Gasteiger partial charge < -0.3 is 9.47 Å². The molecule has 2 aromatic carbocycles. The summed E-state index contributed by atoms with van der Waals surface area (Å²) in [5.74, 6) is 1.17. The lowest BCUT2D eigenvalue weighted by Crippen LogP contribution is -2.30. The van der Waals surface area contributed by atoms with Crippen LogP contribution in [-0.2, 0) is 17.7 Å². The summed E-state index contributed by atoms with van der Waals surface area (Å²) in [6.45, 7) is 4.26. The van der Waals surface area contributed by atoms with E-state index in [0.29, 0.717) is 11.9 Å². The Bertz CT molecular complexity index is 1160. The normalized spacial score (nSPS) is 17.2. The summed E-state index contributed by atoms with van der Waals surface area (Å²) in [6.07, 6.45) is 8.25. The standard InChI is InChI=1S/C26H26N4O2/c1-2-8-25-22(6-1)15-27-16-23(25)13-21-18-30(11-12-31-19-21)17-20-5-3-7-24(14-20)32-26-28-9-4-10-29-26/h1-10,14-16,21H,11-13,17-19H2. The fourth-order valence-electron chi connectivity index (χ4n) is 4.28. The molecule has 6 heteroatoms. The van der Waals surface area contributed by atoms with E-state index in [1.807, 2.05) is 24.5 Å². The van der Waals surface area contributed by atoms with Crippen LogP contribution in [0.5, 0.6) is 11.8 Å². The Labute approximate surface area is 187 Å². The van der Waals surface area contributed by atoms with E-state index in [1.54, 1.807) is 18.5 Å². The Kier molecular flexibility index (Phi) is 6.32. The average molecular weight is 427 g/mol. The van der Waals surface area contributed by atoms with Gasteiger partial charge in [-0.3, -0.25) is 9.88 Å². The lowest BCUT2D eigenvalue weighted by molar-refractivity contribution is 0.122. The fraction of sp³-hybridized carbons (Fsp3) is 0.269. The highest BCUT2D eigenvalue weighted by Crippen LogP contribution is 2.23. The molecule has 1 atom stereocenters. The minimum absolute atomic E-state index is 0.358. The molecule has 1 aliphatic heterocycles. The maximum Gasteiger partial charge on any atom is 0.321 e. The number of nitrogens with zero attached hydrogens (tertiary/aromatic N) is 4. The summed E-state index contributed by atoms with van der Waals surface area (Å²) in [5, 5.41) is 2.47. The largest absolute Gasteiger partial charge is 0.424 e. The minimum atomic E-state index is 0.358.